The molecule has 1 aliphatic rings. The van der Waals surface area contributed by atoms with E-state index in [1.165, 1.54) is 68.5 Å². The molecule has 194 valence electrons. The van der Waals surface area contributed by atoms with E-state index in [4.69, 9.17) is 4.74 Å². The van der Waals surface area contributed by atoms with Crippen LogP contribution >= 0.6 is 11.3 Å². The van der Waals surface area contributed by atoms with Gasteiger partial charge in [-0.3, -0.25) is 4.79 Å². The van der Waals surface area contributed by atoms with E-state index >= 15 is 0 Å². The van der Waals surface area contributed by atoms with Gasteiger partial charge in [-0.15, -0.1) is 11.3 Å². The quantitative estimate of drug-likeness (QED) is 0.315. The molecule has 0 spiro atoms. The van der Waals surface area contributed by atoms with Gasteiger partial charge >= 0.3 is 0 Å². The van der Waals surface area contributed by atoms with Gasteiger partial charge in [-0.05, 0) is 76.5 Å². The molecule has 2 N–H and O–H groups in total. The van der Waals surface area contributed by atoms with E-state index in [0.717, 1.165) is 34.8 Å². The Labute approximate surface area is 213 Å². The van der Waals surface area contributed by atoms with Crippen LogP contribution in [0.25, 0.3) is 10.6 Å². The molecule has 0 saturated carbocycles. The third-order valence-corrected chi connectivity index (χ3v) is 6.41. The van der Waals surface area contributed by atoms with Crippen LogP contribution in [0.4, 0.5) is 0 Å². The first-order valence-corrected chi connectivity index (χ1v) is 13.8. The second-order valence-electron chi connectivity index (χ2n) is 8.32. The maximum absolute atomic E-state index is 10.9. The van der Waals surface area contributed by atoms with E-state index in [0.29, 0.717) is 10.8 Å². The molecule has 0 bridgehead atoms. The van der Waals surface area contributed by atoms with Crippen LogP contribution in [0.2, 0.25) is 0 Å². The third-order valence-electron chi connectivity index (χ3n) is 5.30. The molecule has 1 aromatic heterocycles. The summed E-state index contributed by atoms with van der Waals surface area (Å²) in [5, 5.41) is 7.25. The normalized spacial score (nSPS) is 12.7. The van der Waals surface area contributed by atoms with E-state index in [1.807, 2.05) is 33.9 Å². The zero-order valence-electron chi connectivity index (χ0n) is 22.9. The van der Waals surface area contributed by atoms with Crippen LogP contribution in [0.15, 0.2) is 18.2 Å². The molecule has 1 fully saturated rings. The van der Waals surface area contributed by atoms with Crippen LogP contribution < -0.4 is 15.4 Å². The smallest absolute Gasteiger partial charge is 0.161 e. The molecule has 34 heavy (non-hydrogen) atoms. The molecule has 0 atom stereocenters. The molecule has 1 aromatic carbocycles. The third kappa shape index (κ3) is 12.6. The lowest BCUT2D eigenvalue weighted by atomic mass is 10.0. The number of unbranched alkanes of at least 4 members (excludes halogenated alkanes) is 1. The fourth-order valence-electron chi connectivity index (χ4n) is 3.22. The molecule has 0 aliphatic carbocycles. The van der Waals surface area contributed by atoms with Crippen LogP contribution in [0.3, 0.4) is 0 Å². The fraction of sp³-hybridized carbons (Fsp3) is 0.643. The molecular formula is C28H49N3O2S. The number of hydrogen-bond acceptors (Lipinski definition) is 6. The highest BCUT2D eigenvalue weighted by Gasteiger charge is 2.14. The Kier molecular flexibility index (Phi) is 19.5. The monoisotopic (exact) mass is 491 g/mol. The van der Waals surface area contributed by atoms with Gasteiger partial charge in [-0.1, -0.05) is 59.9 Å². The Bertz CT molecular complexity index is 751. The van der Waals surface area contributed by atoms with Gasteiger partial charge in [0.05, 0.1) is 23.2 Å². The number of aldehydes is 1. The summed E-state index contributed by atoms with van der Waals surface area (Å²) in [6.07, 6.45) is 9.10. The number of methoxy groups -OCH3 is 1. The lowest BCUT2D eigenvalue weighted by molar-refractivity contribution is 0.112. The Hall–Kier alpha value is -1.76. The average molecular weight is 492 g/mol. The van der Waals surface area contributed by atoms with Crippen LogP contribution in [0.5, 0.6) is 5.75 Å². The Morgan fingerprint density at radius 2 is 1.82 bits per heavy atom. The molecule has 3 rings (SSSR count). The number of benzene rings is 1. The van der Waals surface area contributed by atoms with E-state index in [9.17, 15) is 4.79 Å². The van der Waals surface area contributed by atoms with Crippen LogP contribution in [0.1, 0.15) is 100.0 Å². The summed E-state index contributed by atoms with van der Waals surface area (Å²) in [4.78, 5) is 16.1. The zero-order chi connectivity index (χ0) is 25.8. The summed E-state index contributed by atoms with van der Waals surface area (Å²) >= 11 is 1.40. The van der Waals surface area contributed by atoms with Crippen molar-refractivity contribution in [3.63, 3.8) is 0 Å². The molecule has 0 radical (unpaired) electrons. The van der Waals surface area contributed by atoms with E-state index in [2.05, 4.69) is 48.5 Å². The van der Waals surface area contributed by atoms with Gasteiger partial charge in [0.15, 0.2) is 6.29 Å². The minimum Gasteiger partial charge on any atom is -0.496 e. The first-order chi connectivity index (χ1) is 16.5. The van der Waals surface area contributed by atoms with Crippen molar-refractivity contribution < 1.29 is 9.53 Å². The van der Waals surface area contributed by atoms with Crippen molar-refractivity contribution in [2.75, 3.05) is 33.8 Å². The fourth-order valence-corrected chi connectivity index (χ4v) is 4.12. The van der Waals surface area contributed by atoms with Crippen molar-refractivity contribution >= 4 is 17.6 Å². The summed E-state index contributed by atoms with van der Waals surface area (Å²) in [6, 6.07) is 6.12. The predicted molar refractivity (Wildman–Crippen MR) is 150 cm³/mol. The number of aromatic nitrogens is 1. The highest BCUT2D eigenvalue weighted by atomic mass is 32.1. The number of ether oxygens (including phenoxy) is 1. The number of hydrogen-bond donors (Lipinski definition) is 2. The Morgan fingerprint density at radius 1 is 1.18 bits per heavy atom. The number of thiazole rings is 1. The number of carbonyl (C=O) groups is 1. The number of rotatable bonds is 7. The zero-order valence-corrected chi connectivity index (χ0v) is 23.7. The lowest BCUT2D eigenvalue weighted by Crippen LogP contribution is -2.12. The van der Waals surface area contributed by atoms with Gasteiger partial charge < -0.3 is 15.4 Å². The molecule has 5 nitrogen and oxygen atoms in total. The molecular weight excluding hydrogens is 442 g/mol. The van der Waals surface area contributed by atoms with Gasteiger partial charge in [0, 0.05) is 0 Å². The van der Waals surface area contributed by atoms with E-state index < -0.39 is 0 Å². The maximum atomic E-state index is 10.9. The van der Waals surface area contributed by atoms with Crippen molar-refractivity contribution in [3.05, 3.63) is 34.3 Å². The highest BCUT2D eigenvalue weighted by molar-refractivity contribution is 7.16. The topological polar surface area (TPSA) is 63.2 Å². The van der Waals surface area contributed by atoms with Crippen molar-refractivity contribution in [1.29, 1.82) is 0 Å². The Balaban J connectivity index is 0.000000595. The predicted octanol–water partition coefficient (Wildman–Crippen LogP) is 7.25. The molecule has 0 unspecified atom stereocenters. The van der Waals surface area contributed by atoms with Crippen molar-refractivity contribution in [2.45, 2.75) is 86.0 Å². The molecule has 1 aliphatic heterocycles. The van der Waals surface area contributed by atoms with Crippen LogP contribution in [-0.4, -0.2) is 45.1 Å². The summed E-state index contributed by atoms with van der Waals surface area (Å²) < 4.78 is 5.40. The van der Waals surface area contributed by atoms with Crippen LogP contribution in [0, 0.1) is 6.92 Å². The first-order valence-electron chi connectivity index (χ1n) is 12.9. The Morgan fingerprint density at radius 3 is 2.26 bits per heavy atom. The maximum Gasteiger partial charge on any atom is 0.161 e. The molecule has 2 heterocycles. The van der Waals surface area contributed by atoms with Gasteiger partial charge in [-0.2, -0.15) is 0 Å². The number of nitrogens with one attached hydrogen (secondary N) is 2. The number of aryl methyl sites for hydroxylation is 1. The van der Waals surface area contributed by atoms with Crippen LogP contribution in [-0.2, 0) is 0 Å². The molecule has 6 heteroatoms. The molecule has 2 aromatic rings. The summed E-state index contributed by atoms with van der Waals surface area (Å²) in [5.41, 5.74) is 2.96. The summed E-state index contributed by atoms with van der Waals surface area (Å²) in [6.45, 7) is 16.0. The minimum atomic E-state index is 0.441. The molecule has 1 saturated heterocycles. The highest BCUT2D eigenvalue weighted by Crippen LogP contribution is 2.36. The summed E-state index contributed by atoms with van der Waals surface area (Å²) in [7, 11) is 3.63. The first kappa shape index (κ1) is 32.2. The second-order valence-corrected chi connectivity index (χ2v) is 9.35. The number of carbonyl (C=O) groups excluding carboxylic acids is 1. The second kappa shape index (κ2) is 20.6. The summed E-state index contributed by atoms with van der Waals surface area (Å²) in [5.74, 6) is 1.23. The van der Waals surface area contributed by atoms with E-state index in [-0.39, 0.29) is 0 Å². The van der Waals surface area contributed by atoms with Gasteiger partial charge in [0.2, 0.25) is 0 Å². The lowest BCUT2D eigenvalue weighted by Gasteiger charge is -2.11. The standard InChI is InChI=1S/C15H17NO2S.C6H13N.C5H13N.C2H6/c1-9(2)11-5-6-13(18-4)12(7-11)15-16-10(3)14(8-17)19-15;1-2-4-6-7-5-3-1;1-3-4-5-6-2;1-2/h5-9H,1-4H3;7H,1-6H2;6H,3-5H2,1-2H3;1-2H3. The largest absolute Gasteiger partial charge is 0.496 e. The minimum absolute atomic E-state index is 0.441. The van der Waals surface area contributed by atoms with Gasteiger partial charge in [0.25, 0.3) is 0 Å². The van der Waals surface area contributed by atoms with Gasteiger partial charge in [-0.25, -0.2) is 4.98 Å². The molecule has 0 amide bonds. The SMILES string of the molecule is C1CCCNCC1.CC.CCCCNC.COc1ccc(C(C)C)cc1-c1nc(C)c(C=O)s1. The average Bonchev–Trinajstić information content (AvgIpc) is 3.04. The number of nitrogens with zero attached hydrogens (tertiary/aromatic N) is 1. The van der Waals surface area contributed by atoms with Crippen molar-refractivity contribution in [1.82, 2.24) is 15.6 Å². The van der Waals surface area contributed by atoms with Crippen molar-refractivity contribution in [3.8, 4) is 16.3 Å². The van der Waals surface area contributed by atoms with Crippen molar-refractivity contribution in [2.24, 2.45) is 0 Å². The van der Waals surface area contributed by atoms with E-state index in [1.54, 1.807) is 7.11 Å². The van der Waals surface area contributed by atoms with Gasteiger partial charge in [0.1, 0.15) is 10.8 Å².